The second kappa shape index (κ2) is 6.38. The molecule has 108 valence electrons. The molecular weight excluding hydrogens is 252 g/mol. The fourth-order valence-corrected chi connectivity index (χ4v) is 3.77. The van der Waals surface area contributed by atoms with E-state index in [2.05, 4.69) is 55.4 Å². The van der Waals surface area contributed by atoms with Gasteiger partial charge < -0.3 is 10.2 Å². The lowest BCUT2D eigenvalue weighted by atomic mass is 9.91. The maximum atomic E-state index is 3.57. The predicted octanol–water partition coefficient (Wildman–Crippen LogP) is 3.35. The number of likely N-dealkylation sites (tertiary alicyclic amines) is 1. The molecule has 0 aliphatic carbocycles. The zero-order chi connectivity index (χ0) is 13.9. The van der Waals surface area contributed by atoms with E-state index in [1.54, 1.807) is 0 Å². The highest BCUT2D eigenvalue weighted by Gasteiger charge is 2.29. The molecule has 0 spiro atoms. The molecule has 2 heterocycles. The molecule has 2 rings (SSSR count). The summed E-state index contributed by atoms with van der Waals surface area (Å²) in [4.78, 5) is 4.16. The maximum Gasteiger partial charge on any atom is 0.0118 e. The average Bonchev–Trinajstić information content (AvgIpc) is 2.96. The van der Waals surface area contributed by atoms with Crippen molar-refractivity contribution in [1.82, 2.24) is 10.2 Å². The molecule has 0 saturated carbocycles. The third-order valence-electron chi connectivity index (χ3n) is 3.99. The summed E-state index contributed by atoms with van der Waals surface area (Å²) in [5.74, 6) is 0.835. The largest absolute Gasteiger partial charge is 0.314 e. The molecule has 0 amide bonds. The fourth-order valence-electron chi connectivity index (χ4n) is 2.93. The highest BCUT2D eigenvalue weighted by Crippen LogP contribution is 2.30. The van der Waals surface area contributed by atoms with Gasteiger partial charge in [-0.1, -0.05) is 33.8 Å². The van der Waals surface area contributed by atoms with Gasteiger partial charge in [-0.05, 0) is 36.9 Å². The van der Waals surface area contributed by atoms with Gasteiger partial charge in [0.2, 0.25) is 0 Å². The highest BCUT2D eigenvalue weighted by molar-refractivity contribution is 7.10. The van der Waals surface area contributed by atoms with E-state index in [1.807, 2.05) is 11.3 Å². The Bertz CT molecular complexity index is 370. The second-order valence-corrected chi connectivity index (χ2v) is 7.76. The predicted molar refractivity (Wildman–Crippen MR) is 85.0 cm³/mol. The van der Waals surface area contributed by atoms with Crippen LogP contribution in [0.5, 0.6) is 0 Å². The van der Waals surface area contributed by atoms with Gasteiger partial charge in [-0.15, -0.1) is 11.3 Å². The Kier molecular flexibility index (Phi) is 5.04. The molecule has 2 nitrogen and oxygen atoms in total. The Labute approximate surface area is 122 Å². The van der Waals surface area contributed by atoms with Crippen LogP contribution < -0.4 is 5.32 Å². The molecule has 0 bridgehead atoms. The number of nitrogens with zero attached hydrogens (tertiary/aromatic N) is 1. The molecule has 1 aliphatic rings. The molecule has 1 atom stereocenters. The van der Waals surface area contributed by atoms with Crippen molar-refractivity contribution in [3.8, 4) is 0 Å². The molecule has 1 unspecified atom stereocenters. The van der Waals surface area contributed by atoms with Crippen LogP contribution in [0, 0.1) is 5.92 Å². The number of hydrogen-bond acceptors (Lipinski definition) is 3. The van der Waals surface area contributed by atoms with Gasteiger partial charge in [0.1, 0.15) is 0 Å². The molecule has 1 saturated heterocycles. The maximum absolute atomic E-state index is 3.57. The molecule has 1 aliphatic heterocycles. The first-order valence-corrected chi connectivity index (χ1v) is 8.35. The van der Waals surface area contributed by atoms with Crippen LogP contribution in [0.3, 0.4) is 0 Å². The molecule has 1 aromatic rings. The number of nitrogens with one attached hydrogen (secondary N) is 1. The van der Waals surface area contributed by atoms with Crippen LogP contribution in [0.4, 0.5) is 0 Å². The summed E-state index contributed by atoms with van der Waals surface area (Å²) in [6.07, 6.45) is 1.35. The molecular formula is C16H28N2S. The number of thiophene rings is 1. The van der Waals surface area contributed by atoms with Gasteiger partial charge in [0.15, 0.2) is 0 Å². The fraction of sp³-hybridized carbons (Fsp3) is 0.750. The van der Waals surface area contributed by atoms with Crippen molar-refractivity contribution in [2.75, 3.05) is 26.2 Å². The molecule has 0 radical (unpaired) electrons. The molecule has 1 aromatic heterocycles. The molecule has 19 heavy (non-hydrogen) atoms. The SMILES string of the molecule is CC(C)NCC1CCN(CC(C)(C)c2cccs2)C1. The van der Waals surface area contributed by atoms with Gasteiger partial charge in [0.05, 0.1) is 0 Å². The van der Waals surface area contributed by atoms with Crippen molar-refractivity contribution in [1.29, 1.82) is 0 Å². The van der Waals surface area contributed by atoms with Gasteiger partial charge in [-0.3, -0.25) is 0 Å². The van der Waals surface area contributed by atoms with Gasteiger partial charge in [0, 0.05) is 29.4 Å². The minimum atomic E-state index is 0.286. The topological polar surface area (TPSA) is 15.3 Å². The van der Waals surface area contributed by atoms with Crippen molar-refractivity contribution < 1.29 is 0 Å². The summed E-state index contributed by atoms with van der Waals surface area (Å²) < 4.78 is 0. The summed E-state index contributed by atoms with van der Waals surface area (Å²) >= 11 is 1.89. The van der Waals surface area contributed by atoms with Crippen molar-refractivity contribution in [2.45, 2.75) is 45.6 Å². The van der Waals surface area contributed by atoms with E-state index in [4.69, 9.17) is 0 Å². The summed E-state index contributed by atoms with van der Waals surface area (Å²) in [6.45, 7) is 14.1. The van der Waals surface area contributed by atoms with Crippen LogP contribution in [0.25, 0.3) is 0 Å². The van der Waals surface area contributed by atoms with Crippen LogP contribution in [0.15, 0.2) is 17.5 Å². The molecule has 1 fully saturated rings. The Morgan fingerprint density at radius 3 is 2.89 bits per heavy atom. The Hall–Kier alpha value is -0.380. The van der Waals surface area contributed by atoms with Crippen LogP contribution in [0.1, 0.15) is 39.0 Å². The van der Waals surface area contributed by atoms with Crippen LogP contribution in [-0.2, 0) is 5.41 Å². The average molecular weight is 280 g/mol. The minimum absolute atomic E-state index is 0.286. The molecule has 1 N–H and O–H groups in total. The van der Waals surface area contributed by atoms with Crippen molar-refractivity contribution in [3.05, 3.63) is 22.4 Å². The van der Waals surface area contributed by atoms with E-state index in [9.17, 15) is 0 Å². The quantitative estimate of drug-likeness (QED) is 0.860. The van der Waals surface area contributed by atoms with Crippen molar-refractivity contribution in [3.63, 3.8) is 0 Å². The van der Waals surface area contributed by atoms with E-state index >= 15 is 0 Å². The van der Waals surface area contributed by atoms with Gasteiger partial charge in [-0.2, -0.15) is 0 Å². The second-order valence-electron chi connectivity index (χ2n) is 6.81. The zero-order valence-electron chi connectivity index (χ0n) is 12.8. The van der Waals surface area contributed by atoms with Gasteiger partial charge in [-0.25, -0.2) is 0 Å². The van der Waals surface area contributed by atoms with Crippen molar-refractivity contribution >= 4 is 11.3 Å². The van der Waals surface area contributed by atoms with Crippen molar-refractivity contribution in [2.24, 2.45) is 5.92 Å². The van der Waals surface area contributed by atoms with Gasteiger partial charge >= 0.3 is 0 Å². The van der Waals surface area contributed by atoms with E-state index in [-0.39, 0.29) is 5.41 Å². The smallest absolute Gasteiger partial charge is 0.0118 e. The number of hydrogen-bond donors (Lipinski definition) is 1. The Morgan fingerprint density at radius 2 is 2.26 bits per heavy atom. The van der Waals surface area contributed by atoms with Gasteiger partial charge in [0.25, 0.3) is 0 Å². The zero-order valence-corrected chi connectivity index (χ0v) is 13.6. The standard InChI is InChI=1S/C16H28N2S/c1-13(2)17-10-14-7-8-18(11-14)12-16(3,4)15-6-5-9-19-15/h5-6,9,13-14,17H,7-8,10-12H2,1-4H3. The first-order chi connectivity index (χ1) is 8.97. The first kappa shape index (κ1) is 15.0. The third-order valence-corrected chi connectivity index (χ3v) is 5.23. The molecule has 0 aromatic carbocycles. The monoisotopic (exact) mass is 280 g/mol. The van der Waals surface area contributed by atoms with E-state index < -0.39 is 0 Å². The first-order valence-electron chi connectivity index (χ1n) is 7.47. The lowest BCUT2D eigenvalue weighted by Crippen LogP contribution is -2.36. The van der Waals surface area contributed by atoms with Crippen LogP contribution in [0.2, 0.25) is 0 Å². The third kappa shape index (κ3) is 4.30. The summed E-state index contributed by atoms with van der Waals surface area (Å²) in [5, 5.41) is 5.76. The Balaban J connectivity index is 1.81. The summed E-state index contributed by atoms with van der Waals surface area (Å²) in [6, 6.07) is 5.05. The summed E-state index contributed by atoms with van der Waals surface area (Å²) in [7, 11) is 0. The van der Waals surface area contributed by atoms with Crippen LogP contribution >= 0.6 is 11.3 Å². The lowest BCUT2D eigenvalue weighted by molar-refractivity contribution is 0.261. The normalized spacial score (nSPS) is 21.4. The van der Waals surface area contributed by atoms with Crippen LogP contribution in [-0.4, -0.2) is 37.1 Å². The highest BCUT2D eigenvalue weighted by atomic mass is 32.1. The Morgan fingerprint density at radius 1 is 1.47 bits per heavy atom. The van der Waals surface area contributed by atoms with E-state index in [0.29, 0.717) is 6.04 Å². The summed E-state index contributed by atoms with van der Waals surface area (Å²) in [5.41, 5.74) is 0.286. The minimum Gasteiger partial charge on any atom is -0.314 e. The van der Waals surface area contributed by atoms with E-state index in [0.717, 1.165) is 5.92 Å². The molecule has 3 heteroatoms. The number of rotatable bonds is 6. The van der Waals surface area contributed by atoms with E-state index in [1.165, 1.54) is 37.5 Å². The lowest BCUT2D eigenvalue weighted by Gasteiger charge is -2.29.